The van der Waals surface area contributed by atoms with E-state index < -0.39 is 11.0 Å². The van der Waals surface area contributed by atoms with Crippen LogP contribution in [0.1, 0.15) is 23.1 Å². The number of fused-ring (bicyclic) bond motifs is 2. The minimum atomic E-state index is -0.683. The van der Waals surface area contributed by atoms with Gasteiger partial charge in [-0.1, -0.05) is 30.4 Å². The molecule has 4 bridgehead atoms. The number of ether oxygens (including phenoxy) is 8. The third-order valence-electron chi connectivity index (χ3n) is 8.16. The van der Waals surface area contributed by atoms with Crippen LogP contribution in [0.3, 0.4) is 0 Å². The predicted octanol–water partition coefficient (Wildman–Crippen LogP) is 1.79. The normalized spacial score (nSPS) is 26.9. The Hall–Kier alpha value is -1.96. The van der Waals surface area contributed by atoms with Crippen molar-refractivity contribution in [2.75, 3.05) is 106 Å². The van der Waals surface area contributed by atoms with E-state index in [9.17, 15) is 0 Å². The Bertz CT molecular complexity index is 1090. The molecule has 0 amide bonds. The summed E-state index contributed by atoms with van der Waals surface area (Å²) in [7, 11) is 0. The van der Waals surface area contributed by atoms with Crippen molar-refractivity contribution in [3.8, 4) is 0 Å². The smallest absolute Gasteiger partial charge is 0.134 e. The summed E-state index contributed by atoms with van der Waals surface area (Å²) in [4.78, 5) is 0. The van der Waals surface area contributed by atoms with Crippen molar-refractivity contribution in [3.63, 3.8) is 0 Å². The lowest BCUT2D eigenvalue weighted by molar-refractivity contribution is -0.0943. The summed E-state index contributed by atoms with van der Waals surface area (Å²) >= 11 is 0. The van der Waals surface area contributed by atoms with Crippen LogP contribution in [0, 0.1) is 0 Å². The van der Waals surface area contributed by atoms with Gasteiger partial charge in [-0.2, -0.15) is 0 Å². The SMILES string of the molecule is NCc1cc2cc(c1)C21COCCOCCOCCOCCCOCCOCCOCCOC12c1cc(CN)cc2c1. The summed E-state index contributed by atoms with van der Waals surface area (Å²) in [5.41, 5.74) is 17.6. The Balaban J connectivity index is 1.26. The molecule has 42 heavy (non-hydrogen) atoms. The van der Waals surface area contributed by atoms with E-state index >= 15 is 0 Å². The lowest BCUT2D eigenvalue weighted by Crippen LogP contribution is -2.65. The first-order chi connectivity index (χ1) is 20.7. The lowest BCUT2D eigenvalue weighted by atomic mass is 9.47. The molecule has 232 valence electrons. The minimum Gasteiger partial charge on any atom is -0.379 e. The maximum atomic E-state index is 6.86. The molecule has 4 N–H and O–H groups in total. The second-order valence-electron chi connectivity index (χ2n) is 10.8. The van der Waals surface area contributed by atoms with Crippen molar-refractivity contribution in [3.05, 3.63) is 69.8 Å². The van der Waals surface area contributed by atoms with Crippen LogP contribution in [0.2, 0.25) is 0 Å². The van der Waals surface area contributed by atoms with Crippen molar-refractivity contribution < 1.29 is 37.9 Å². The molecular weight excluding hydrogens is 540 g/mol. The molecule has 0 aromatic heterocycles. The molecule has 0 saturated carbocycles. The fraction of sp³-hybridized carbons (Fsp3) is 0.625. The molecule has 1 aromatic rings. The van der Waals surface area contributed by atoms with E-state index in [1.54, 1.807) is 0 Å². The van der Waals surface area contributed by atoms with Gasteiger partial charge in [-0.05, 0) is 45.9 Å². The van der Waals surface area contributed by atoms with E-state index in [0.717, 1.165) is 28.7 Å². The van der Waals surface area contributed by atoms with Gasteiger partial charge in [-0.25, -0.2) is 0 Å². The first-order valence-electron chi connectivity index (χ1n) is 15.1. The fourth-order valence-electron chi connectivity index (χ4n) is 6.10. The second-order valence-corrected chi connectivity index (χ2v) is 10.8. The molecule has 1 aromatic carbocycles. The molecule has 10 nitrogen and oxygen atoms in total. The first-order valence-corrected chi connectivity index (χ1v) is 15.1. The molecule has 1 saturated heterocycles. The van der Waals surface area contributed by atoms with Gasteiger partial charge in [0.05, 0.1) is 91.3 Å². The van der Waals surface area contributed by atoms with Crippen LogP contribution in [0.5, 0.6) is 0 Å². The van der Waals surface area contributed by atoms with Crippen LogP contribution in [-0.4, -0.2) is 111 Å². The highest BCUT2D eigenvalue weighted by molar-refractivity contribution is 5.74. The van der Waals surface area contributed by atoms with Crippen LogP contribution < -0.4 is 11.5 Å². The molecule has 6 rings (SSSR count). The first kappa shape index (κ1) is 31.5. The highest BCUT2D eigenvalue weighted by Gasteiger charge is 2.65. The van der Waals surface area contributed by atoms with Crippen molar-refractivity contribution in [2.45, 2.75) is 24.0 Å². The summed E-state index contributed by atoms with van der Waals surface area (Å²) in [6.07, 6.45) is 7.33. The van der Waals surface area contributed by atoms with Crippen molar-refractivity contribution >= 4 is 0 Å². The van der Waals surface area contributed by atoms with Gasteiger partial charge in [0.1, 0.15) is 5.60 Å². The van der Waals surface area contributed by atoms with Crippen molar-refractivity contribution in [1.29, 1.82) is 0 Å². The molecule has 2 spiro atoms. The van der Waals surface area contributed by atoms with E-state index in [4.69, 9.17) is 49.4 Å². The van der Waals surface area contributed by atoms with Gasteiger partial charge in [0, 0.05) is 26.3 Å². The third kappa shape index (κ3) is 6.73. The maximum absolute atomic E-state index is 6.86. The van der Waals surface area contributed by atoms with Gasteiger partial charge in [0.15, 0.2) is 0 Å². The average molecular weight is 587 g/mol. The summed E-state index contributed by atoms with van der Waals surface area (Å²) < 4.78 is 47.3. The quantitative estimate of drug-likeness (QED) is 0.530. The van der Waals surface area contributed by atoms with Crippen LogP contribution in [0.4, 0.5) is 0 Å². The molecule has 4 aliphatic carbocycles. The van der Waals surface area contributed by atoms with E-state index in [-0.39, 0.29) is 0 Å². The zero-order chi connectivity index (χ0) is 29.1. The summed E-state index contributed by atoms with van der Waals surface area (Å²) in [6, 6.07) is 6.57. The average Bonchev–Trinajstić information content (AvgIpc) is 3.02. The molecule has 10 heteroatoms. The predicted molar refractivity (Wildman–Crippen MR) is 157 cm³/mol. The van der Waals surface area contributed by atoms with E-state index in [2.05, 4.69) is 36.4 Å². The molecule has 1 heterocycles. The zero-order valence-corrected chi connectivity index (χ0v) is 24.6. The fourth-order valence-corrected chi connectivity index (χ4v) is 6.10. The summed E-state index contributed by atoms with van der Waals surface area (Å²) in [6.45, 7) is 8.69. The number of hydrogen-bond donors (Lipinski definition) is 2. The van der Waals surface area contributed by atoms with Gasteiger partial charge in [-0.15, -0.1) is 0 Å². The van der Waals surface area contributed by atoms with Gasteiger partial charge in [0.25, 0.3) is 0 Å². The lowest BCUT2D eigenvalue weighted by Gasteiger charge is -2.61. The Morgan fingerprint density at radius 2 is 1.02 bits per heavy atom. The molecule has 1 unspecified atom stereocenters. The zero-order valence-electron chi connectivity index (χ0n) is 24.6. The topological polar surface area (TPSA) is 126 Å². The standard InChI is InChI=1S/C32H46N2O8/c33-22-25-16-27-20-28(17-25)31(27)24-41-13-12-39-9-8-37-6-4-35-2-1-3-36-5-7-38-10-11-40-14-15-42-32(31)29-18-26(23-34)19-30(32)21-29/h16-21H,1-15,22-24,33-34H2. The van der Waals surface area contributed by atoms with Crippen LogP contribution in [0.25, 0.3) is 0 Å². The Kier molecular flexibility index (Phi) is 11.7. The van der Waals surface area contributed by atoms with E-state index in [1.807, 2.05) is 0 Å². The third-order valence-corrected chi connectivity index (χ3v) is 8.16. The monoisotopic (exact) mass is 586 g/mol. The van der Waals surface area contributed by atoms with Crippen molar-refractivity contribution in [1.82, 2.24) is 0 Å². The Morgan fingerprint density at radius 1 is 0.524 bits per heavy atom. The van der Waals surface area contributed by atoms with Gasteiger partial charge < -0.3 is 49.4 Å². The number of hydrogen-bond acceptors (Lipinski definition) is 10. The summed E-state index contributed by atoms with van der Waals surface area (Å²) in [5.74, 6) is 0. The molecule has 1 aliphatic heterocycles. The Labute approximate surface area is 248 Å². The maximum Gasteiger partial charge on any atom is 0.134 e. The Morgan fingerprint density at radius 3 is 1.52 bits per heavy atom. The molecule has 1 atom stereocenters. The second kappa shape index (κ2) is 15.7. The van der Waals surface area contributed by atoms with E-state index in [1.165, 1.54) is 11.1 Å². The number of nitrogens with two attached hydrogens (primary N) is 2. The highest BCUT2D eigenvalue weighted by atomic mass is 16.6. The van der Waals surface area contributed by atoms with Crippen LogP contribution >= 0.6 is 0 Å². The highest BCUT2D eigenvalue weighted by Crippen LogP contribution is 2.62. The van der Waals surface area contributed by atoms with Crippen LogP contribution in [-0.2, 0) is 49.9 Å². The largest absolute Gasteiger partial charge is 0.379 e. The van der Waals surface area contributed by atoms with E-state index in [0.29, 0.717) is 112 Å². The molecule has 5 aliphatic rings. The van der Waals surface area contributed by atoms with Gasteiger partial charge in [0.2, 0.25) is 0 Å². The van der Waals surface area contributed by atoms with Gasteiger partial charge in [-0.3, -0.25) is 0 Å². The summed E-state index contributed by atoms with van der Waals surface area (Å²) in [5, 5.41) is 0. The number of benzene rings is 1. The van der Waals surface area contributed by atoms with Gasteiger partial charge >= 0.3 is 0 Å². The van der Waals surface area contributed by atoms with Crippen LogP contribution in [0.15, 0.2) is 53.1 Å². The van der Waals surface area contributed by atoms with Crippen molar-refractivity contribution in [2.24, 2.45) is 11.5 Å². The minimum absolute atomic E-state index is 0.421. The molecule has 1 fully saturated rings. The number of rotatable bonds is 2. The molecule has 0 radical (unpaired) electrons. The molecular formula is C32H46N2O8.